The predicted molar refractivity (Wildman–Crippen MR) is 78.7 cm³/mol. The smallest absolute Gasteiger partial charge is 0.248 e. The summed E-state index contributed by atoms with van der Waals surface area (Å²) in [7, 11) is 1.58. The van der Waals surface area contributed by atoms with Crippen molar-refractivity contribution in [3.8, 4) is 0 Å². The molecule has 0 radical (unpaired) electrons. The predicted octanol–water partition coefficient (Wildman–Crippen LogP) is 0.0721. The highest BCUT2D eigenvalue weighted by atomic mass is 79.9. The van der Waals surface area contributed by atoms with E-state index in [2.05, 4.69) is 21.2 Å². The van der Waals surface area contributed by atoms with E-state index < -0.39 is 22.6 Å². The van der Waals surface area contributed by atoms with Crippen molar-refractivity contribution in [1.29, 1.82) is 0 Å². The SMILES string of the molecule is CN1CC(=O)N2[C@H](C1=O)[C@@H](O)[C@]1(Br)c3ccccc3N[C@H]21. The highest BCUT2D eigenvalue weighted by Crippen LogP contribution is 2.55. The molecule has 2 N–H and O–H groups in total. The van der Waals surface area contributed by atoms with Gasteiger partial charge in [0.2, 0.25) is 11.8 Å². The van der Waals surface area contributed by atoms with Gasteiger partial charge in [0.25, 0.3) is 0 Å². The summed E-state index contributed by atoms with van der Waals surface area (Å²) in [5.74, 6) is -0.387. The van der Waals surface area contributed by atoms with Crippen LogP contribution in [-0.2, 0) is 13.9 Å². The first-order chi connectivity index (χ1) is 9.96. The molecule has 110 valence electrons. The molecule has 0 aliphatic carbocycles. The molecule has 3 aliphatic heterocycles. The zero-order valence-electron chi connectivity index (χ0n) is 11.3. The molecule has 0 unspecified atom stereocenters. The van der Waals surface area contributed by atoms with Crippen molar-refractivity contribution in [3.05, 3.63) is 29.8 Å². The topological polar surface area (TPSA) is 72.9 Å². The van der Waals surface area contributed by atoms with Crippen LogP contribution < -0.4 is 5.32 Å². The van der Waals surface area contributed by atoms with Crippen molar-refractivity contribution in [1.82, 2.24) is 9.80 Å². The first kappa shape index (κ1) is 13.1. The van der Waals surface area contributed by atoms with Gasteiger partial charge >= 0.3 is 0 Å². The number of hydrogen-bond donors (Lipinski definition) is 2. The van der Waals surface area contributed by atoms with Crippen LogP contribution in [0.15, 0.2) is 24.3 Å². The van der Waals surface area contributed by atoms with Crippen molar-refractivity contribution in [2.45, 2.75) is 22.6 Å². The van der Waals surface area contributed by atoms with Crippen LogP contribution in [0.25, 0.3) is 0 Å². The Bertz CT molecular complexity index is 667. The normalized spacial score (nSPS) is 37.2. The van der Waals surface area contributed by atoms with E-state index in [1.807, 2.05) is 24.3 Å². The standard InChI is InChI=1S/C14H14BrN3O3/c1-17-6-9(19)18-10(12(17)21)11(20)14(15)7-4-2-3-5-8(7)16-13(14)18/h2-5,10-11,13,16,20H,6H2,1H3/t10-,11+,13+,14+/m0/s1. The fraction of sp³-hybridized carbons (Fsp3) is 0.429. The Balaban J connectivity index is 1.88. The quantitative estimate of drug-likeness (QED) is 0.649. The number of hydrogen-bond acceptors (Lipinski definition) is 4. The Morgan fingerprint density at radius 2 is 2.10 bits per heavy atom. The highest BCUT2D eigenvalue weighted by molar-refractivity contribution is 9.09. The molecule has 4 atom stereocenters. The first-order valence-corrected chi connectivity index (χ1v) is 7.54. The second-order valence-corrected chi connectivity index (χ2v) is 7.06. The van der Waals surface area contributed by atoms with E-state index in [9.17, 15) is 14.7 Å². The van der Waals surface area contributed by atoms with E-state index in [4.69, 9.17) is 0 Å². The average Bonchev–Trinajstić information content (AvgIpc) is 2.87. The monoisotopic (exact) mass is 351 g/mol. The number of likely N-dealkylation sites (N-methyl/N-ethyl adjacent to an activating group) is 1. The van der Waals surface area contributed by atoms with Gasteiger partial charge in [-0.1, -0.05) is 34.1 Å². The molecule has 0 spiro atoms. The lowest BCUT2D eigenvalue weighted by molar-refractivity contribution is -0.156. The summed E-state index contributed by atoms with van der Waals surface area (Å²) in [5, 5.41) is 14.0. The van der Waals surface area contributed by atoms with Crippen molar-refractivity contribution in [3.63, 3.8) is 0 Å². The summed E-state index contributed by atoms with van der Waals surface area (Å²) in [5.41, 5.74) is 1.75. The minimum absolute atomic E-state index is 0.0413. The molecule has 3 aliphatic rings. The number of alkyl halides is 1. The number of piperazine rings is 1. The molecule has 0 aromatic heterocycles. The number of carbonyl (C=O) groups excluding carboxylic acids is 2. The number of carbonyl (C=O) groups is 2. The zero-order valence-corrected chi connectivity index (χ0v) is 12.9. The third-order valence-corrected chi connectivity index (χ3v) is 5.96. The third-order valence-electron chi connectivity index (χ3n) is 4.63. The molecule has 7 heteroatoms. The van der Waals surface area contributed by atoms with Crippen LogP contribution in [0.3, 0.4) is 0 Å². The van der Waals surface area contributed by atoms with Crippen LogP contribution >= 0.6 is 15.9 Å². The maximum absolute atomic E-state index is 12.4. The van der Waals surface area contributed by atoms with E-state index in [0.29, 0.717) is 0 Å². The molecule has 2 saturated heterocycles. The molecule has 1 aromatic rings. The van der Waals surface area contributed by atoms with Crippen molar-refractivity contribution in [2.24, 2.45) is 0 Å². The van der Waals surface area contributed by atoms with Crippen LogP contribution in [0.1, 0.15) is 5.56 Å². The Hall–Kier alpha value is -1.60. The van der Waals surface area contributed by atoms with Gasteiger partial charge in [-0.25, -0.2) is 0 Å². The van der Waals surface area contributed by atoms with Crippen LogP contribution in [0.2, 0.25) is 0 Å². The van der Waals surface area contributed by atoms with Crippen molar-refractivity contribution >= 4 is 33.4 Å². The van der Waals surface area contributed by atoms with E-state index >= 15 is 0 Å². The Morgan fingerprint density at radius 3 is 2.86 bits per heavy atom. The maximum atomic E-state index is 12.4. The van der Waals surface area contributed by atoms with Gasteiger partial charge in [-0.05, 0) is 11.6 Å². The largest absolute Gasteiger partial charge is 0.388 e. The summed E-state index contributed by atoms with van der Waals surface area (Å²) in [4.78, 5) is 27.6. The number of anilines is 1. The maximum Gasteiger partial charge on any atom is 0.248 e. The lowest BCUT2D eigenvalue weighted by Crippen LogP contribution is -2.61. The number of aliphatic hydroxyl groups excluding tert-OH is 1. The molecule has 1 aromatic carbocycles. The molecule has 0 saturated carbocycles. The average molecular weight is 352 g/mol. The minimum Gasteiger partial charge on any atom is -0.388 e. The molecule has 0 bridgehead atoms. The van der Waals surface area contributed by atoms with Gasteiger partial charge < -0.3 is 20.2 Å². The van der Waals surface area contributed by atoms with Gasteiger partial charge in [0.15, 0.2) is 0 Å². The van der Waals surface area contributed by atoms with Gasteiger partial charge in [0, 0.05) is 12.7 Å². The number of para-hydroxylation sites is 1. The van der Waals surface area contributed by atoms with Crippen LogP contribution in [-0.4, -0.2) is 58.6 Å². The number of nitrogens with zero attached hydrogens (tertiary/aromatic N) is 2. The molecule has 2 fully saturated rings. The zero-order chi connectivity index (χ0) is 14.9. The van der Waals surface area contributed by atoms with E-state index in [1.54, 1.807) is 7.05 Å². The van der Waals surface area contributed by atoms with E-state index in [0.717, 1.165) is 11.3 Å². The molecule has 2 amide bonds. The number of rotatable bonds is 0. The van der Waals surface area contributed by atoms with Crippen molar-refractivity contribution < 1.29 is 14.7 Å². The summed E-state index contributed by atoms with van der Waals surface area (Å²) in [6.45, 7) is 0.0413. The third kappa shape index (κ3) is 1.40. The van der Waals surface area contributed by atoms with Crippen LogP contribution in [0.4, 0.5) is 5.69 Å². The minimum atomic E-state index is -1.00. The van der Waals surface area contributed by atoms with E-state index in [1.165, 1.54) is 9.80 Å². The molecule has 3 heterocycles. The second kappa shape index (κ2) is 3.98. The fourth-order valence-corrected chi connectivity index (χ4v) is 4.55. The lowest BCUT2D eigenvalue weighted by atomic mass is 9.92. The molecule has 4 rings (SSSR count). The van der Waals surface area contributed by atoms with Crippen molar-refractivity contribution in [2.75, 3.05) is 18.9 Å². The Kier molecular flexibility index (Phi) is 2.48. The van der Waals surface area contributed by atoms with Crippen LogP contribution in [0, 0.1) is 0 Å². The summed E-state index contributed by atoms with van der Waals surface area (Å²) in [6, 6.07) is 6.73. The van der Waals surface area contributed by atoms with Crippen LogP contribution in [0.5, 0.6) is 0 Å². The number of nitrogens with one attached hydrogen (secondary N) is 1. The number of fused-ring (bicyclic) bond motifs is 5. The number of aliphatic hydroxyl groups is 1. The Morgan fingerprint density at radius 1 is 1.38 bits per heavy atom. The summed E-state index contributed by atoms with van der Waals surface area (Å²) < 4.78 is -0.856. The summed E-state index contributed by atoms with van der Waals surface area (Å²) in [6.07, 6.45) is -1.46. The molecule has 6 nitrogen and oxygen atoms in total. The molecule has 21 heavy (non-hydrogen) atoms. The number of amides is 2. The van der Waals surface area contributed by atoms with Gasteiger partial charge in [0.1, 0.15) is 22.6 Å². The van der Waals surface area contributed by atoms with E-state index in [-0.39, 0.29) is 18.4 Å². The molecular formula is C14H14BrN3O3. The number of halogens is 1. The number of benzene rings is 1. The second-order valence-electron chi connectivity index (χ2n) is 5.75. The van der Waals surface area contributed by atoms with Gasteiger partial charge in [-0.15, -0.1) is 0 Å². The van der Waals surface area contributed by atoms with Gasteiger partial charge in [-0.2, -0.15) is 0 Å². The highest BCUT2D eigenvalue weighted by Gasteiger charge is 2.67. The molecular weight excluding hydrogens is 338 g/mol. The lowest BCUT2D eigenvalue weighted by Gasteiger charge is -2.37. The first-order valence-electron chi connectivity index (χ1n) is 6.75. The Labute approximate surface area is 129 Å². The van der Waals surface area contributed by atoms with Gasteiger partial charge in [0.05, 0.1) is 6.54 Å². The van der Waals surface area contributed by atoms with Gasteiger partial charge in [-0.3, -0.25) is 9.59 Å². The fourth-order valence-electron chi connectivity index (χ4n) is 3.62. The summed E-state index contributed by atoms with van der Waals surface area (Å²) >= 11 is 3.62.